The van der Waals surface area contributed by atoms with Gasteiger partial charge in [0.25, 0.3) is 5.91 Å². The fraction of sp³-hybridized carbons (Fsp3) is 0.481. The van der Waals surface area contributed by atoms with Crippen molar-refractivity contribution < 1.29 is 14.3 Å². The van der Waals surface area contributed by atoms with Crippen molar-refractivity contribution in [3.63, 3.8) is 0 Å². The molecule has 1 saturated carbocycles. The minimum atomic E-state index is -0.223. The smallest absolute Gasteiger partial charge is 0.259 e. The molecule has 2 aliphatic heterocycles. The van der Waals surface area contributed by atoms with Gasteiger partial charge in [-0.15, -0.1) is 0 Å². The van der Waals surface area contributed by atoms with Crippen molar-refractivity contribution in [3.05, 3.63) is 54.5 Å². The fourth-order valence-electron chi connectivity index (χ4n) is 5.79. The molecule has 4 heterocycles. The fourth-order valence-corrected chi connectivity index (χ4v) is 5.79. The Morgan fingerprint density at radius 3 is 2.50 bits per heavy atom. The summed E-state index contributed by atoms with van der Waals surface area (Å²) in [6, 6.07) is 10.3. The van der Waals surface area contributed by atoms with E-state index in [0.29, 0.717) is 24.3 Å². The first-order chi connectivity index (χ1) is 17.7. The van der Waals surface area contributed by atoms with E-state index in [-0.39, 0.29) is 24.5 Å². The molecule has 2 amide bonds. The highest BCUT2D eigenvalue weighted by Gasteiger charge is 2.31. The van der Waals surface area contributed by atoms with Crippen molar-refractivity contribution in [1.29, 1.82) is 0 Å². The molecule has 0 unspecified atom stereocenters. The van der Waals surface area contributed by atoms with Crippen LogP contribution in [0.3, 0.4) is 0 Å². The largest absolute Gasteiger partial charge is 0.490 e. The van der Waals surface area contributed by atoms with Crippen LogP contribution in [0.25, 0.3) is 5.65 Å². The van der Waals surface area contributed by atoms with E-state index in [0.717, 1.165) is 43.4 Å². The molecular formula is C27H32N6O3. The van der Waals surface area contributed by atoms with Gasteiger partial charge in [0, 0.05) is 50.3 Å². The van der Waals surface area contributed by atoms with Crippen LogP contribution in [0, 0.1) is 0 Å². The normalized spacial score (nSPS) is 20.4. The second-order valence-electron chi connectivity index (χ2n) is 10.0. The summed E-state index contributed by atoms with van der Waals surface area (Å²) in [6.45, 7) is 3.16. The van der Waals surface area contributed by atoms with Crippen LogP contribution in [0.2, 0.25) is 0 Å². The molecule has 1 aliphatic carbocycles. The molecule has 6 rings (SSSR count). The molecule has 188 valence electrons. The van der Waals surface area contributed by atoms with Crippen molar-refractivity contribution in [2.45, 2.75) is 50.7 Å². The number of benzene rings is 1. The summed E-state index contributed by atoms with van der Waals surface area (Å²) in [5, 5.41) is 4.18. The first-order valence-electron chi connectivity index (χ1n) is 13.0. The lowest BCUT2D eigenvalue weighted by atomic mass is 10.0. The van der Waals surface area contributed by atoms with Gasteiger partial charge in [0.2, 0.25) is 5.91 Å². The van der Waals surface area contributed by atoms with Crippen molar-refractivity contribution >= 4 is 23.1 Å². The van der Waals surface area contributed by atoms with E-state index in [9.17, 15) is 9.59 Å². The van der Waals surface area contributed by atoms with Gasteiger partial charge in [-0.3, -0.25) is 9.59 Å². The molecule has 3 aromatic rings. The summed E-state index contributed by atoms with van der Waals surface area (Å²) in [5.41, 5.74) is 1.73. The molecule has 0 bridgehead atoms. The third kappa shape index (κ3) is 4.55. The Hall–Kier alpha value is -3.46. The van der Waals surface area contributed by atoms with E-state index in [4.69, 9.17) is 4.74 Å². The Labute approximate surface area is 210 Å². The van der Waals surface area contributed by atoms with E-state index in [1.165, 1.54) is 31.9 Å². The number of ether oxygens (including phenoxy) is 1. The average Bonchev–Trinajstić information content (AvgIpc) is 3.60. The van der Waals surface area contributed by atoms with Gasteiger partial charge in [0.05, 0.1) is 6.20 Å². The van der Waals surface area contributed by atoms with Gasteiger partial charge >= 0.3 is 0 Å². The van der Waals surface area contributed by atoms with Gasteiger partial charge in [-0.1, -0.05) is 12.8 Å². The summed E-state index contributed by atoms with van der Waals surface area (Å²) in [7, 11) is 0. The number of piperidine rings is 1. The van der Waals surface area contributed by atoms with Crippen molar-refractivity contribution in [1.82, 2.24) is 24.4 Å². The summed E-state index contributed by atoms with van der Waals surface area (Å²) >= 11 is 0. The quantitative estimate of drug-likeness (QED) is 0.549. The van der Waals surface area contributed by atoms with Crippen LogP contribution in [0.5, 0.6) is 5.75 Å². The van der Waals surface area contributed by atoms with Gasteiger partial charge in [-0.25, -0.2) is 9.50 Å². The number of hydrogen-bond acceptors (Lipinski definition) is 6. The number of aromatic nitrogens is 3. The maximum Gasteiger partial charge on any atom is 0.259 e. The lowest BCUT2D eigenvalue weighted by Gasteiger charge is -2.36. The highest BCUT2D eigenvalue weighted by molar-refractivity contribution is 6.04. The predicted molar refractivity (Wildman–Crippen MR) is 135 cm³/mol. The third-order valence-electron chi connectivity index (χ3n) is 7.79. The molecule has 2 aromatic heterocycles. The van der Waals surface area contributed by atoms with Crippen LogP contribution in [0.4, 0.5) is 5.69 Å². The van der Waals surface area contributed by atoms with Crippen LogP contribution in [0.1, 0.15) is 48.9 Å². The van der Waals surface area contributed by atoms with Crippen molar-refractivity contribution in [2.24, 2.45) is 0 Å². The predicted octanol–water partition coefficient (Wildman–Crippen LogP) is 3.00. The number of fused-ring (bicyclic) bond motifs is 1. The molecule has 3 fully saturated rings. The van der Waals surface area contributed by atoms with Crippen LogP contribution < -0.4 is 9.64 Å². The number of anilines is 1. The minimum Gasteiger partial charge on any atom is -0.490 e. The van der Waals surface area contributed by atoms with Gasteiger partial charge in [0.1, 0.15) is 24.0 Å². The van der Waals surface area contributed by atoms with E-state index in [1.54, 1.807) is 32.8 Å². The number of carbonyl (C=O) groups excluding carboxylic acids is 2. The summed E-state index contributed by atoms with van der Waals surface area (Å²) in [5.74, 6) is 0.520. The number of amides is 2. The standard InChI is InChI=1S/C27H32N6O3/c34-25-19-31(27(35)24-18-29-33-13-3-12-28-26(24)33)16-17-32(25)21-6-8-22(9-7-21)36-23-10-14-30(15-11-23)20-4-1-2-5-20/h3,6-9,12-13,18,20,23H,1-2,4-5,10-11,14-17,19H2. The van der Waals surface area contributed by atoms with E-state index in [1.807, 2.05) is 24.3 Å². The zero-order valence-electron chi connectivity index (χ0n) is 20.5. The summed E-state index contributed by atoms with van der Waals surface area (Å²) in [4.78, 5) is 36.2. The van der Waals surface area contributed by atoms with Crippen LogP contribution in [-0.4, -0.2) is 81.1 Å². The maximum atomic E-state index is 13.0. The van der Waals surface area contributed by atoms with Crippen molar-refractivity contribution in [2.75, 3.05) is 37.6 Å². The van der Waals surface area contributed by atoms with Gasteiger partial charge in [0.15, 0.2) is 5.65 Å². The van der Waals surface area contributed by atoms with Gasteiger partial charge < -0.3 is 19.4 Å². The van der Waals surface area contributed by atoms with Gasteiger partial charge in [-0.05, 0) is 56.0 Å². The lowest BCUT2D eigenvalue weighted by molar-refractivity contribution is -0.120. The van der Waals surface area contributed by atoms with Crippen LogP contribution in [-0.2, 0) is 4.79 Å². The second-order valence-corrected chi connectivity index (χ2v) is 10.0. The Kier molecular flexibility index (Phi) is 6.31. The Morgan fingerprint density at radius 1 is 0.972 bits per heavy atom. The Morgan fingerprint density at radius 2 is 1.75 bits per heavy atom. The molecule has 1 aromatic carbocycles. The van der Waals surface area contributed by atoms with Gasteiger partial charge in [-0.2, -0.15) is 5.10 Å². The number of likely N-dealkylation sites (tertiary alicyclic amines) is 1. The number of hydrogen-bond donors (Lipinski definition) is 0. The average molecular weight is 489 g/mol. The first-order valence-corrected chi connectivity index (χ1v) is 13.0. The zero-order chi connectivity index (χ0) is 24.5. The monoisotopic (exact) mass is 488 g/mol. The highest BCUT2D eigenvalue weighted by atomic mass is 16.5. The Balaban J connectivity index is 1.03. The summed E-state index contributed by atoms with van der Waals surface area (Å²) < 4.78 is 7.83. The topological polar surface area (TPSA) is 83.3 Å². The molecule has 3 aliphatic rings. The first kappa shape index (κ1) is 23.0. The number of piperazine rings is 1. The van der Waals surface area contributed by atoms with E-state index >= 15 is 0 Å². The second kappa shape index (κ2) is 9.89. The number of carbonyl (C=O) groups is 2. The molecule has 36 heavy (non-hydrogen) atoms. The minimum absolute atomic E-state index is 0.0286. The molecular weight excluding hydrogens is 456 g/mol. The number of rotatable bonds is 5. The molecule has 2 saturated heterocycles. The molecule has 0 radical (unpaired) electrons. The third-order valence-corrected chi connectivity index (χ3v) is 7.79. The zero-order valence-corrected chi connectivity index (χ0v) is 20.5. The number of nitrogens with zero attached hydrogens (tertiary/aromatic N) is 6. The molecule has 9 nitrogen and oxygen atoms in total. The molecule has 0 N–H and O–H groups in total. The maximum absolute atomic E-state index is 13.0. The molecule has 0 spiro atoms. The van der Waals surface area contributed by atoms with Crippen molar-refractivity contribution in [3.8, 4) is 5.75 Å². The summed E-state index contributed by atoms with van der Waals surface area (Å²) in [6.07, 6.45) is 12.7. The van der Waals surface area contributed by atoms with E-state index in [2.05, 4.69) is 15.0 Å². The molecule has 9 heteroatoms. The Bertz CT molecular complexity index is 1230. The lowest BCUT2D eigenvalue weighted by Crippen LogP contribution is -2.52. The SMILES string of the molecule is O=C(c1cnn2cccnc12)N1CCN(c2ccc(OC3CCN(C4CCCC4)CC3)cc2)C(=O)C1. The molecule has 0 atom stereocenters. The van der Waals surface area contributed by atoms with Crippen LogP contribution in [0.15, 0.2) is 48.9 Å². The van der Waals surface area contributed by atoms with E-state index < -0.39 is 0 Å². The highest BCUT2D eigenvalue weighted by Crippen LogP contribution is 2.28. The van der Waals surface area contributed by atoms with Crippen LogP contribution >= 0.6 is 0 Å².